The summed E-state index contributed by atoms with van der Waals surface area (Å²) < 4.78 is 26.8. The van der Waals surface area contributed by atoms with Gasteiger partial charge in [-0.1, -0.05) is 11.6 Å². The average molecular weight is 311 g/mol. The van der Waals surface area contributed by atoms with Crippen molar-refractivity contribution in [3.05, 3.63) is 34.4 Å². The Hall–Kier alpha value is -0.910. The molecule has 0 radical (unpaired) electrons. The fraction of sp³-hybridized carbons (Fsp3) is 0.417. The highest BCUT2D eigenvalue weighted by molar-refractivity contribution is 6.30. The molecule has 3 nitrogen and oxygen atoms in total. The summed E-state index contributed by atoms with van der Waals surface area (Å²) in [6, 6.07) is 1.73. The van der Waals surface area contributed by atoms with Gasteiger partial charge in [0.2, 0.25) is 0 Å². The molecule has 0 aromatic heterocycles. The quantitative estimate of drug-likeness (QED) is 0.810. The van der Waals surface area contributed by atoms with Crippen LogP contribution in [0.15, 0.2) is 12.1 Å². The summed E-state index contributed by atoms with van der Waals surface area (Å²) in [5.74, 6) is -2.12. The summed E-state index contributed by atoms with van der Waals surface area (Å²) in [7, 11) is 0. The van der Waals surface area contributed by atoms with E-state index in [9.17, 15) is 13.6 Å². The number of hydrogen-bond acceptors (Lipinski definition) is 2. The lowest BCUT2D eigenvalue weighted by Gasteiger charge is -2.30. The number of rotatable bonds is 1. The molecule has 1 fully saturated rings. The molecule has 0 atom stereocenters. The van der Waals surface area contributed by atoms with Gasteiger partial charge in [0.1, 0.15) is 11.6 Å². The Morgan fingerprint density at radius 2 is 1.84 bits per heavy atom. The zero-order valence-corrected chi connectivity index (χ0v) is 11.6. The molecule has 1 amide bonds. The number of piperidine rings is 1. The molecule has 19 heavy (non-hydrogen) atoms. The monoisotopic (exact) mass is 310 g/mol. The molecule has 7 heteroatoms. The average Bonchev–Trinajstić information content (AvgIpc) is 2.34. The highest BCUT2D eigenvalue weighted by atomic mass is 35.5. The van der Waals surface area contributed by atoms with Crippen LogP contribution in [-0.4, -0.2) is 29.9 Å². The zero-order valence-electron chi connectivity index (χ0n) is 10.0. The highest BCUT2D eigenvalue weighted by Crippen LogP contribution is 2.21. The normalized spacial score (nSPS) is 16.1. The molecule has 2 rings (SSSR count). The number of nitrogens with two attached hydrogens (primary N) is 1. The second-order valence-corrected chi connectivity index (χ2v) is 4.78. The van der Waals surface area contributed by atoms with E-state index in [4.69, 9.17) is 17.3 Å². The molecule has 0 unspecified atom stereocenters. The van der Waals surface area contributed by atoms with Gasteiger partial charge in [-0.15, -0.1) is 12.4 Å². The first-order valence-electron chi connectivity index (χ1n) is 5.68. The maximum Gasteiger partial charge on any atom is 0.256 e. The lowest BCUT2D eigenvalue weighted by Crippen LogP contribution is -2.43. The molecule has 1 saturated heterocycles. The van der Waals surface area contributed by atoms with Crippen molar-refractivity contribution in [3.63, 3.8) is 0 Å². The van der Waals surface area contributed by atoms with Gasteiger partial charge in [0, 0.05) is 19.1 Å². The summed E-state index contributed by atoms with van der Waals surface area (Å²) in [5.41, 5.74) is 5.44. The summed E-state index contributed by atoms with van der Waals surface area (Å²) in [4.78, 5) is 13.5. The first-order chi connectivity index (χ1) is 8.49. The Kier molecular flexibility index (Phi) is 5.52. The zero-order chi connectivity index (χ0) is 13.3. The SMILES string of the molecule is Cl.NC1CCN(C(=O)c2cc(F)c(Cl)cc2F)CC1. The summed E-state index contributed by atoms with van der Waals surface area (Å²) in [6.45, 7) is 0.924. The van der Waals surface area contributed by atoms with Gasteiger partial charge < -0.3 is 10.6 Å². The Morgan fingerprint density at radius 1 is 1.26 bits per heavy atom. The number of amides is 1. The van der Waals surface area contributed by atoms with Crippen LogP contribution >= 0.6 is 24.0 Å². The van der Waals surface area contributed by atoms with Gasteiger partial charge in [-0.25, -0.2) is 8.78 Å². The second kappa shape index (κ2) is 6.50. The number of carbonyl (C=O) groups is 1. The number of benzene rings is 1. The third kappa shape index (κ3) is 3.55. The largest absolute Gasteiger partial charge is 0.338 e. The summed E-state index contributed by atoms with van der Waals surface area (Å²) in [5, 5.41) is -0.329. The summed E-state index contributed by atoms with van der Waals surface area (Å²) >= 11 is 5.44. The van der Waals surface area contributed by atoms with Crippen molar-refractivity contribution in [2.24, 2.45) is 5.73 Å². The van der Waals surface area contributed by atoms with E-state index in [-0.39, 0.29) is 29.0 Å². The lowest BCUT2D eigenvalue weighted by molar-refractivity contribution is 0.0709. The fourth-order valence-electron chi connectivity index (χ4n) is 1.96. The van der Waals surface area contributed by atoms with E-state index in [1.807, 2.05) is 0 Å². The minimum atomic E-state index is -0.804. The van der Waals surface area contributed by atoms with Gasteiger partial charge >= 0.3 is 0 Å². The Morgan fingerprint density at radius 3 is 2.42 bits per heavy atom. The van der Waals surface area contributed by atoms with Crippen molar-refractivity contribution in [3.8, 4) is 0 Å². The van der Waals surface area contributed by atoms with Gasteiger partial charge in [-0.2, -0.15) is 0 Å². The van der Waals surface area contributed by atoms with Gasteiger partial charge in [0.25, 0.3) is 5.91 Å². The van der Waals surface area contributed by atoms with Crippen LogP contribution in [0.4, 0.5) is 8.78 Å². The third-order valence-corrected chi connectivity index (χ3v) is 3.36. The molecule has 0 bridgehead atoms. The van der Waals surface area contributed by atoms with E-state index in [1.54, 1.807) is 0 Å². The molecule has 1 heterocycles. The van der Waals surface area contributed by atoms with Crippen LogP contribution in [0.5, 0.6) is 0 Å². The van der Waals surface area contributed by atoms with Crippen molar-refractivity contribution in [1.29, 1.82) is 0 Å². The Bertz CT molecular complexity index is 477. The van der Waals surface area contributed by atoms with E-state index in [1.165, 1.54) is 4.90 Å². The van der Waals surface area contributed by atoms with Crippen LogP contribution in [0.25, 0.3) is 0 Å². The van der Waals surface area contributed by atoms with Crippen LogP contribution in [0.1, 0.15) is 23.2 Å². The van der Waals surface area contributed by atoms with Crippen LogP contribution in [0, 0.1) is 11.6 Å². The van der Waals surface area contributed by atoms with Crippen molar-refractivity contribution < 1.29 is 13.6 Å². The van der Waals surface area contributed by atoms with E-state index in [2.05, 4.69) is 0 Å². The molecule has 0 aliphatic carbocycles. The fourth-order valence-corrected chi connectivity index (χ4v) is 2.11. The minimum Gasteiger partial charge on any atom is -0.338 e. The minimum absolute atomic E-state index is 0. The van der Waals surface area contributed by atoms with E-state index in [0.717, 1.165) is 12.1 Å². The van der Waals surface area contributed by atoms with Crippen molar-refractivity contribution >= 4 is 29.9 Å². The van der Waals surface area contributed by atoms with Gasteiger partial charge in [0.15, 0.2) is 0 Å². The molecular weight excluding hydrogens is 297 g/mol. The maximum absolute atomic E-state index is 13.6. The van der Waals surface area contributed by atoms with Crippen LogP contribution in [-0.2, 0) is 0 Å². The molecule has 1 aromatic carbocycles. The molecule has 106 valence electrons. The molecule has 1 aromatic rings. The van der Waals surface area contributed by atoms with E-state index >= 15 is 0 Å². The first-order valence-corrected chi connectivity index (χ1v) is 6.06. The smallest absolute Gasteiger partial charge is 0.256 e. The highest BCUT2D eigenvalue weighted by Gasteiger charge is 2.24. The van der Waals surface area contributed by atoms with Gasteiger partial charge in [0.05, 0.1) is 10.6 Å². The molecule has 1 aliphatic heterocycles. The van der Waals surface area contributed by atoms with Crippen molar-refractivity contribution in [2.75, 3.05) is 13.1 Å². The standard InChI is InChI=1S/C12H13ClF2N2O.ClH/c13-9-6-10(14)8(5-11(9)15)12(18)17-3-1-7(16)2-4-17;/h5-7H,1-4,16H2;1H. The molecular formula is C12H14Cl2F2N2O. The van der Waals surface area contributed by atoms with Crippen molar-refractivity contribution in [2.45, 2.75) is 18.9 Å². The van der Waals surface area contributed by atoms with Crippen LogP contribution < -0.4 is 5.73 Å². The molecule has 2 N–H and O–H groups in total. The number of halogens is 4. The van der Waals surface area contributed by atoms with Crippen LogP contribution in [0.2, 0.25) is 5.02 Å². The van der Waals surface area contributed by atoms with Gasteiger partial charge in [-0.3, -0.25) is 4.79 Å². The number of hydrogen-bond donors (Lipinski definition) is 1. The number of nitrogens with zero attached hydrogens (tertiary/aromatic N) is 1. The summed E-state index contributed by atoms with van der Waals surface area (Å²) in [6.07, 6.45) is 1.34. The van der Waals surface area contributed by atoms with Gasteiger partial charge in [-0.05, 0) is 25.0 Å². The first kappa shape index (κ1) is 16.1. The maximum atomic E-state index is 13.6. The Balaban J connectivity index is 0.00000180. The second-order valence-electron chi connectivity index (χ2n) is 4.38. The lowest BCUT2D eigenvalue weighted by atomic mass is 10.0. The predicted octanol–water partition coefficient (Wildman–Crippen LogP) is 2.60. The van der Waals surface area contributed by atoms with E-state index in [0.29, 0.717) is 25.9 Å². The molecule has 1 aliphatic rings. The third-order valence-electron chi connectivity index (χ3n) is 3.07. The van der Waals surface area contributed by atoms with E-state index < -0.39 is 17.5 Å². The van der Waals surface area contributed by atoms with Crippen LogP contribution in [0.3, 0.4) is 0 Å². The number of likely N-dealkylation sites (tertiary alicyclic amines) is 1. The molecule has 0 saturated carbocycles. The predicted molar refractivity (Wildman–Crippen MR) is 71.7 cm³/mol. The topological polar surface area (TPSA) is 46.3 Å². The molecule has 0 spiro atoms. The Labute approximate surface area is 121 Å². The van der Waals surface area contributed by atoms with Crippen molar-refractivity contribution in [1.82, 2.24) is 4.90 Å². The number of carbonyl (C=O) groups excluding carboxylic acids is 1.